The number of ether oxygens (including phenoxy) is 2. The maximum atomic E-state index is 10.6. The number of piperidine rings is 1. The third kappa shape index (κ3) is 4.91. The van der Waals surface area contributed by atoms with E-state index in [0.29, 0.717) is 6.42 Å². The van der Waals surface area contributed by atoms with Crippen LogP contribution in [0.1, 0.15) is 31.2 Å². The molecule has 1 aromatic carbocycles. The molecule has 1 aliphatic heterocycles. The topological polar surface area (TPSA) is 59.0 Å². The van der Waals surface area contributed by atoms with Gasteiger partial charge in [-0.05, 0) is 57.0 Å². The quantitative estimate of drug-likeness (QED) is 0.839. The Kier molecular flexibility index (Phi) is 6.07. The first kappa shape index (κ1) is 16.6. The number of likely N-dealkylation sites (N-methyl/N-ethyl adjacent to an activating group) is 1. The van der Waals surface area contributed by atoms with Crippen molar-refractivity contribution < 1.29 is 19.4 Å². The third-order valence-corrected chi connectivity index (χ3v) is 3.96. The first-order valence-corrected chi connectivity index (χ1v) is 7.82. The summed E-state index contributed by atoms with van der Waals surface area (Å²) in [5, 5.41) is 8.72. The van der Waals surface area contributed by atoms with E-state index in [9.17, 15) is 4.79 Å². The van der Waals surface area contributed by atoms with Crippen molar-refractivity contribution in [3.8, 4) is 11.5 Å². The summed E-state index contributed by atoms with van der Waals surface area (Å²) in [5.41, 5.74) is 1.08. The second-order valence-corrected chi connectivity index (χ2v) is 5.88. The number of nitrogens with zero attached hydrogens (tertiary/aromatic N) is 1. The standard InChI is InChI=1S/C17H25NO4/c1-18-10-4-6-14(12-18)22-16-11-13(5-3-7-17(19)20)8-9-15(16)21-2/h8-9,11,14H,3-7,10,12H2,1-2H3,(H,19,20). The van der Waals surface area contributed by atoms with E-state index in [1.807, 2.05) is 18.2 Å². The molecule has 1 fully saturated rings. The number of carbonyl (C=O) groups is 1. The lowest BCUT2D eigenvalue weighted by Crippen LogP contribution is -2.38. The zero-order valence-corrected chi connectivity index (χ0v) is 13.4. The van der Waals surface area contributed by atoms with Gasteiger partial charge in [-0.3, -0.25) is 4.79 Å². The summed E-state index contributed by atoms with van der Waals surface area (Å²) in [7, 11) is 3.74. The number of hydrogen-bond acceptors (Lipinski definition) is 4. The molecule has 5 nitrogen and oxygen atoms in total. The number of benzene rings is 1. The zero-order chi connectivity index (χ0) is 15.9. The van der Waals surface area contributed by atoms with Gasteiger partial charge in [-0.25, -0.2) is 0 Å². The predicted octanol–water partition coefficient (Wildman–Crippen LogP) is 2.58. The number of carboxylic acids is 1. The van der Waals surface area contributed by atoms with E-state index < -0.39 is 5.97 Å². The molecule has 1 heterocycles. The average molecular weight is 307 g/mol. The molecule has 1 aromatic rings. The fourth-order valence-electron chi connectivity index (χ4n) is 2.81. The predicted molar refractivity (Wildman–Crippen MR) is 84.7 cm³/mol. The molecule has 1 unspecified atom stereocenters. The Balaban J connectivity index is 2.02. The smallest absolute Gasteiger partial charge is 0.303 e. The van der Waals surface area contributed by atoms with Crippen LogP contribution < -0.4 is 9.47 Å². The van der Waals surface area contributed by atoms with Crippen molar-refractivity contribution in [2.75, 3.05) is 27.2 Å². The number of carboxylic acid groups (broad SMARTS) is 1. The van der Waals surface area contributed by atoms with Gasteiger partial charge in [-0.15, -0.1) is 0 Å². The monoisotopic (exact) mass is 307 g/mol. The molecule has 0 saturated carbocycles. The van der Waals surface area contributed by atoms with Crippen molar-refractivity contribution in [1.29, 1.82) is 0 Å². The molecular formula is C17H25NO4. The van der Waals surface area contributed by atoms with E-state index in [2.05, 4.69) is 11.9 Å². The van der Waals surface area contributed by atoms with Crippen LogP contribution in [-0.4, -0.2) is 49.3 Å². The molecule has 0 spiro atoms. The summed E-state index contributed by atoms with van der Waals surface area (Å²) in [6.07, 6.45) is 3.93. The summed E-state index contributed by atoms with van der Waals surface area (Å²) in [6.45, 7) is 2.04. The van der Waals surface area contributed by atoms with Gasteiger partial charge in [0.2, 0.25) is 0 Å². The van der Waals surface area contributed by atoms with Crippen molar-refractivity contribution in [2.24, 2.45) is 0 Å². The first-order valence-electron chi connectivity index (χ1n) is 7.82. The summed E-state index contributed by atoms with van der Waals surface area (Å²) in [6, 6.07) is 5.85. The lowest BCUT2D eigenvalue weighted by atomic mass is 10.1. The highest BCUT2D eigenvalue weighted by molar-refractivity contribution is 5.66. The van der Waals surface area contributed by atoms with Crippen LogP contribution in [-0.2, 0) is 11.2 Å². The number of rotatable bonds is 7. The molecule has 1 saturated heterocycles. The van der Waals surface area contributed by atoms with Crippen molar-refractivity contribution in [1.82, 2.24) is 4.90 Å². The Morgan fingerprint density at radius 1 is 1.41 bits per heavy atom. The Bertz CT molecular complexity index is 503. The van der Waals surface area contributed by atoms with Gasteiger partial charge in [0, 0.05) is 13.0 Å². The van der Waals surface area contributed by atoms with Crippen LogP contribution in [0.25, 0.3) is 0 Å². The van der Waals surface area contributed by atoms with Gasteiger partial charge in [0.25, 0.3) is 0 Å². The van der Waals surface area contributed by atoms with Crippen molar-refractivity contribution >= 4 is 5.97 Å². The van der Waals surface area contributed by atoms with Crippen molar-refractivity contribution in [3.63, 3.8) is 0 Å². The summed E-state index contributed by atoms with van der Waals surface area (Å²) >= 11 is 0. The molecule has 122 valence electrons. The molecule has 0 aliphatic carbocycles. The highest BCUT2D eigenvalue weighted by Gasteiger charge is 2.20. The molecule has 2 rings (SSSR count). The second-order valence-electron chi connectivity index (χ2n) is 5.88. The van der Waals surface area contributed by atoms with Gasteiger partial charge < -0.3 is 19.5 Å². The SMILES string of the molecule is COc1ccc(CCCC(=O)O)cc1OC1CCCN(C)C1. The van der Waals surface area contributed by atoms with E-state index in [-0.39, 0.29) is 12.5 Å². The van der Waals surface area contributed by atoms with Gasteiger partial charge in [0.1, 0.15) is 6.10 Å². The number of aliphatic carboxylic acids is 1. The highest BCUT2D eigenvalue weighted by Crippen LogP contribution is 2.30. The fraction of sp³-hybridized carbons (Fsp3) is 0.588. The zero-order valence-electron chi connectivity index (χ0n) is 13.4. The minimum absolute atomic E-state index is 0.182. The van der Waals surface area contributed by atoms with Crippen molar-refractivity contribution in [2.45, 2.75) is 38.2 Å². The van der Waals surface area contributed by atoms with Crippen LogP contribution in [0.3, 0.4) is 0 Å². The van der Waals surface area contributed by atoms with Crippen LogP contribution in [0.15, 0.2) is 18.2 Å². The lowest BCUT2D eigenvalue weighted by Gasteiger charge is -2.30. The molecule has 1 N–H and O–H groups in total. The Labute approximate surface area is 131 Å². The molecule has 5 heteroatoms. The minimum Gasteiger partial charge on any atom is -0.493 e. The normalized spacial score (nSPS) is 18.9. The van der Waals surface area contributed by atoms with Gasteiger partial charge in [-0.2, -0.15) is 0 Å². The van der Waals surface area contributed by atoms with Crippen LogP contribution in [0, 0.1) is 0 Å². The average Bonchev–Trinajstić information content (AvgIpc) is 2.47. The molecule has 22 heavy (non-hydrogen) atoms. The molecule has 0 radical (unpaired) electrons. The third-order valence-electron chi connectivity index (χ3n) is 3.96. The maximum Gasteiger partial charge on any atom is 0.303 e. The number of likely N-dealkylation sites (tertiary alicyclic amines) is 1. The Hall–Kier alpha value is -1.75. The minimum atomic E-state index is -0.754. The number of hydrogen-bond donors (Lipinski definition) is 1. The van der Waals surface area contributed by atoms with Gasteiger partial charge in [-0.1, -0.05) is 6.07 Å². The molecule has 1 atom stereocenters. The van der Waals surface area contributed by atoms with E-state index >= 15 is 0 Å². The largest absolute Gasteiger partial charge is 0.493 e. The summed E-state index contributed by atoms with van der Waals surface area (Å²) < 4.78 is 11.5. The number of aryl methyl sites for hydroxylation is 1. The summed E-state index contributed by atoms with van der Waals surface area (Å²) in [5.74, 6) is 0.737. The molecule has 0 bridgehead atoms. The molecule has 0 amide bonds. The fourth-order valence-corrected chi connectivity index (χ4v) is 2.81. The van der Waals surface area contributed by atoms with Crippen LogP contribution in [0.4, 0.5) is 0 Å². The first-order chi connectivity index (χ1) is 10.6. The molecule has 1 aliphatic rings. The summed E-state index contributed by atoms with van der Waals surface area (Å²) in [4.78, 5) is 12.9. The van der Waals surface area contributed by atoms with E-state index in [4.69, 9.17) is 14.6 Å². The Morgan fingerprint density at radius 3 is 2.91 bits per heavy atom. The molecular weight excluding hydrogens is 282 g/mol. The van der Waals surface area contributed by atoms with E-state index in [0.717, 1.165) is 49.4 Å². The van der Waals surface area contributed by atoms with E-state index in [1.165, 1.54) is 0 Å². The number of methoxy groups -OCH3 is 1. The van der Waals surface area contributed by atoms with Crippen LogP contribution >= 0.6 is 0 Å². The van der Waals surface area contributed by atoms with Gasteiger partial charge >= 0.3 is 5.97 Å². The van der Waals surface area contributed by atoms with Gasteiger partial charge in [0.15, 0.2) is 11.5 Å². The lowest BCUT2D eigenvalue weighted by molar-refractivity contribution is -0.137. The molecule has 0 aromatic heterocycles. The highest BCUT2D eigenvalue weighted by atomic mass is 16.5. The Morgan fingerprint density at radius 2 is 2.23 bits per heavy atom. The second kappa shape index (κ2) is 8.03. The van der Waals surface area contributed by atoms with Crippen molar-refractivity contribution in [3.05, 3.63) is 23.8 Å². The van der Waals surface area contributed by atoms with E-state index in [1.54, 1.807) is 7.11 Å². The van der Waals surface area contributed by atoms with Crippen LogP contribution in [0.5, 0.6) is 11.5 Å². The maximum absolute atomic E-state index is 10.6. The van der Waals surface area contributed by atoms with Crippen LogP contribution in [0.2, 0.25) is 0 Å². The van der Waals surface area contributed by atoms with Gasteiger partial charge in [0.05, 0.1) is 7.11 Å².